The number of para-hydroxylation sites is 2. The summed E-state index contributed by atoms with van der Waals surface area (Å²) in [6.07, 6.45) is 3.68. The monoisotopic (exact) mass is 402 g/mol. The highest BCUT2D eigenvalue weighted by Crippen LogP contribution is 2.33. The van der Waals surface area contributed by atoms with Gasteiger partial charge in [0.1, 0.15) is 5.82 Å². The molecule has 0 unspecified atom stereocenters. The van der Waals surface area contributed by atoms with Crippen LogP contribution in [0.2, 0.25) is 5.02 Å². The standard InChI is InChI=1S/C23H15ClN2O3/c24-17-6-2-4-8-19(17)26-22(25-18-7-3-1-5-16(18)23(26)27)12-10-15-9-11-20-21(13-15)29-14-28-20/h1-13H,14H2/b12-10+. The van der Waals surface area contributed by atoms with Gasteiger partial charge in [-0.2, -0.15) is 0 Å². The minimum atomic E-state index is -0.172. The molecule has 1 aliphatic heterocycles. The summed E-state index contributed by atoms with van der Waals surface area (Å²) in [6.45, 7) is 0.223. The van der Waals surface area contributed by atoms with Crippen LogP contribution in [-0.2, 0) is 0 Å². The molecule has 0 saturated carbocycles. The summed E-state index contributed by atoms with van der Waals surface area (Å²) in [6, 6.07) is 20.2. The Balaban J connectivity index is 1.69. The van der Waals surface area contributed by atoms with E-state index in [4.69, 9.17) is 26.1 Å². The number of benzene rings is 3. The van der Waals surface area contributed by atoms with Gasteiger partial charge in [-0.25, -0.2) is 4.98 Å². The zero-order chi connectivity index (χ0) is 19.8. The quantitative estimate of drug-likeness (QED) is 0.487. The van der Waals surface area contributed by atoms with Crippen LogP contribution in [0.25, 0.3) is 28.7 Å². The number of rotatable bonds is 3. The molecule has 0 radical (unpaired) electrons. The first-order chi connectivity index (χ1) is 14.2. The third-order valence-electron chi connectivity index (χ3n) is 4.72. The molecule has 5 nitrogen and oxygen atoms in total. The van der Waals surface area contributed by atoms with E-state index in [0.717, 1.165) is 11.3 Å². The lowest BCUT2D eigenvalue weighted by atomic mass is 10.1. The fourth-order valence-electron chi connectivity index (χ4n) is 3.32. The second-order valence-corrected chi connectivity index (χ2v) is 6.93. The van der Waals surface area contributed by atoms with Crippen molar-refractivity contribution in [3.05, 3.63) is 93.5 Å². The molecule has 3 aromatic carbocycles. The summed E-state index contributed by atoms with van der Waals surface area (Å²) < 4.78 is 12.3. The third-order valence-corrected chi connectivity index (χ3v) is 5.04. The van der Waals surface area contributed by atoms with Crippen molar-refractivity contribution in [3.63, 3.8) is 0 Å². The smallest absolute Gasteiger partial charge is 0.266 e. The molecule has 0 aliphatic carbocycles. The average molecular weight is 403 g/mol. The zero-order valence-corrected chi connectivity index (χ0v) is 16.0. The van der Waals surface area contributed by atoms with Crippen LogP contribution in [0.15, 0.2) is 71.5 Å². The van der Waals surface area contributed by atoms with E-state index in [-0.39, 0.29) is 12.4 Å². The van der Waals surface area contributed by atoms with E-state index in [1.165, 1.54) is 4.57 Å². The van der Waals surface area contributed by atoms with Gasteiger partial charge in [-0.15, -0.1) is 0 Å². The molecule has 0 bridgehead atoms. The van der Waals surface area contributed by atoms with E-state index >= 15 is 0 Å². The van der Waals surface area contributed by atoms with E-state index in [1.54, 1.807) is 24.3 Å². The number of hydrogen-bond donors (Lipinski definition) is 0. The molecule has 0 spiro atoms. The first-order valence-electron chi connectivity index (χ1n) is 9.05. The molecule has 4 aromatic rings. The predicted octanol–water partition coefficient (Wildman–Crippen LogP) is 4.94. The second-order valence-electron chi connectivity index (χ2n) is 6.53. The highest BCUT2D eigenvalue weighted by molar-refractivity contribution is 6.32. The molecule has 0 amide bonds. The zero-order valence-electron chi connectivity index (χ0n) is 15.2. The van der Waals surface area contributed by atoms with Crippen LogP contribution in [0.5, 0.6) is 11.5 Å². The molecule has 0 saturated heterocycles. The van der Waals surface area contributed by atoms with E-state index in [2.05, 4.69) is 0 Å². The van der Waals surface area contributed by atoms with Crippen molar-refractivity contribution in [2.24, 2.45) is 0 Å². The summed E-state index contributed by atoms with van der Waals surface area (Å²) in [5, 5.41) is 1.01. The Morgan fingerprint density at radius 1 is 0.931 bits per heavy atom. The Kier molecular flexibility index (Phi) is 4.30. The van der Waals surface area contributed by atoms with E-state index in [0.29, 0.717) is 33.2 Å². The number of hydrogen-bond acceptors (Lipinski definition) is 4. The lowest BCUT2D eigenvalue weighted by molar-refractivity contribution is 0.174. The number of fused-ring (bicyclic) bond motifs is 2. The highest BCUT2D eigenvalue weighted by Gasteiger charge is 2.14. The van der Waals surface area contributed by atoms with Crippen molar-refractivity contribution in [1.29, 1.82) is 0 Å². The topological polar surface area (TPSA) is 53.4 Å². The molecule has 0 fully saturated rings. The van der Waals surface area contributed by atoms with Gasteiger partial charge in [0.15, 0.2) is 11.5 Å². The van der Waals surface area contributed by atoms with Gasteiger partial charge in [0.25, 0.3) is 5.56 Å². The van der Waals surface area contributed by atoms with Crippen molar-refractivity contribution in [2.75, 3.05) is 6.79 Å². The van der Waals surface area contributed by atoms with Gasteiger partial charge >= 0.3 is 0 Å². The first kappa shape index (κ1) is 17.5. The maximum atomic E-state index is 13.3. The van der Waals surface area contributed by atoms with Crippen LogP contribution in [0.1, 0.15) is 11.4 Å². The van der Waals surface area contributed by atoms with E-state index < -0.39 is 0 Å². The third kappa shape index (κ3) is 3.15. The number of nitrogens with zero attached hydrogens (tertiary/aromatic N) is 2. The van der Waals surface area contributed by atoms with Crippen LogP contribution < -0.4 is 15.0 Å². The summed E-state index contributed by atoms with van der Waals surface area (Å²) >= 11 is 6.39. The molecule has 6 heteroatoms. The molecule has 29 heavy (non-hydrogen) atoms. The molecule has 0 N–H and O–H groups in total. The lowest BCUT2D eigenvalue weighted by Crippen LogP contribution is -2.22. The Labute approximate surface area is 171 Å². The van der Waals surface area contributed by atoms with Crippen LogP contribution in [-0.4, -0.2) is 16.3 Å². The van der Waals surface area contributed by atoms with Crippen LogP contribution in [0, 0.1) is 0 Å². The highest BCUT2D eigenvalue weighted by atomic mass is 35.5. The lowest BCUT2D eigenvalue weighted by Gasteiger charge is -2.12. The normalized spacial score (nSPS) is 12.7. The Bertz CT molecular complexity index is 1330. The molecule has 5 rings (SSSR count). The van der Waals surface area contributed by atoms with Crippen molar-refractivity contribution in [3.8, 4) is 17.2 Å². The van der Waals surface area contributed by atoms with Crippen LogP contribution in [0.4, 0.5) is 0 Å². The molecular weight excluding hydrogens is 388 g/mol. The van der Waals surface area contributed by atoms with Gasteiger partial charge in [-0.1, -0.05) is 48.0 Å². The largest absolute Gasteiger partial charge is 0.454 e. The maximum absolute atomic E-state index is 13.3. The first-order valence-corrected chi connectivity index (χ1v) is 9.43. The van der Waals surface area contributed by atoms with E-state index in [1.807, 2.05) is 54.6 Å². The van der Waals surface area contributed by atoms with Gasteiger partial charge in [-0.3, -0.25) is 9.36 Å². The Hall–Kier alpha value is -3.57. The van der Waals surface area contributed by atoms with Gasteiger partial charge in [0.2, 0.25) is 6.79 Å². The van der Waals surface area contributed by atoms with Crippen LogP contribution >= 0.6 is 11.6 Å². The fraction of sp³-hybridized carbons (Fsp3) is 0.0435. The van der Waals surface area contributed by atoms with Crippen molar-refractivity contribution < 1.29 is 9.47 Å². The number of aromatic nitrogens is 2. The maximum Gasteiger partial charge on any atom is 0.266 e. The second kappa shape index (κ2) is 7.11. The molecule has 142 valence electrons. The fourth-order valence-corrected chi connectivity index (χ4v) is 3.54. The minimum Gasteiger partial charge on any atom is -0.454 e. The number of ether oxygens (including phenoxy) is 2. The molecular formula is C23H15ClN2O3. The average Bonchev–Trinajstić information content (AvgIpc) is 3.21. The van der Waals surface area contributed by atoms with Gasteiger partial charge < -0.3 is 9.47 Å². The van der Waals surface area contributed by atoms with Gasteiger partial charge in [0.05, 0.1) is 21.6 Å². The van der Waals surface area contributed by atoms with Gasteiger partial charge in [0, 0.05) is 0 Å². The SMILES string of the molecule is O=c1c2ccccc2nc(/C=C/c2ccc3c(c2)OCO3)n1-c1ccccc1Cl. The van der Waals surface area contributed by atoms with Crippen molar-refractivity contribution in [1.82, 2.24) is 9.55 Å². The Morgan fingerprint density at radius 2 is 1.72 bits per heavy atom. The molecule has 2 heterocycles. The molecule has 1 aliphatic rings. The van der Waals surface area contributed by atoms with Gasteiger partial charge in [-0.05, 0) is 48.0 Å². The summed E-state index contributed by atoms with van der Waals surface area (Å²) in [4.78, 5) is 18.0. The van der Waals surface area contributed by atoms with Crippen LogP contribution in [0.3, 0.4) is 0 Å². The summed E-state index contributed by atoms with van der Waals surface area (Å²) in [5.41, 5.74) is 1.95. The Morgan fingerprint density at radius 3 is 2.62 bits per heavy atom. The molecule has 0 atom stereocenters. The molecule has 1 aromatic heterocycles. The van der Waals surface area contributed by atoms with Crippen molar-refractivity contribution >= 4 is 34.7 Å². The minimum absolute atomic E-state index is 0.172. The summed E-state index contributed by atoms with van der Waals surface area (Å²) in [5.74, 6) is 1.90. The van der Waals surface area contributed by atoms with E-state index in [9.17, 15) is 4.79 Å². The summed E-state index contributed by atoms with van der Waals surface area (Å²) in [7, 11) is 0. The predicted molar refractivity (Wildman–Crippen MR) is 114 cm³/mol. The number of halogens is 1. The van der Waals surface area contributed by atoms with Crippen molar-refractivity contribution in [2.45, 2.75) is 0 Å².